The number of nitrogens with two attached hydrogens (primary N) is 1. The third-order valence-corrected chi connectivity index (χ3v) is 4.51. The van der Waals surface area contributed by atoms with E-state index in [1.165, 1.54) is 27.8 Å². The first-order valence-electron chi connectivity index (χ1n) is 7.12. The van der Waals surface area contributed by atoms with Crippen LogP contribution >= 0.6 is 0 Å². The van der Waals surface area contributed by atoms with Crippen LogP contribution in [0.25, 0.3) is 11.3 Å². The van der Waals surface area contributed by atoms with Crippen molar-refractivity contribution in [2.45, 2.75) is 46.1 Å². The SMILES string of the molecule is Cc1cc(C)c(C)c(-c2ccnc(C3(N)CC3)n2)c1C. The van der Waals surface area contributed by atoms with Gasteiger partial charge in [0.2, 0.25) is 0 Å². The maximum absolute atomic E-state index is 6.23. The van der Waals surface area contributed by atoms with Crippen LogP contribution in [0.2, 0.25) is 0 Å². The summed E-state index contributed by atoms with van der Waals surface area (Å²) >= 11 is 0. The Kier molecular flexibility index (Phi) is 2.91. The summed E-state index contributed by atoms with van der Waals surface area (Å²) in [5.74, 6) is 0.785. The molecule has 1 aromatic heterocycles. The van der Waals surface area contributed by atoms with Gasteiger partial charge in [-0.05, 0) is 68.9 Å². The second kappa shape index (κ2) is 4.38. The normalized spacial score (nSPS) is 16.2. The van der Waals surface area contributed by atoms with Crippen molar-refractivity contribution in [3.63, 3.8) is 0 Å². The summed E-state index contributed by atoms with van der Waals surface area (Å²) < 4.78 is 0. The molecule has 1 aliphatic rings. The summed E-state index contributed by atoms with van der Waals surface area (Å²) in [4.78, 5) is 9.11. The average molecular weight is 267 g/mol. The van der Waals surface area contributed by atoms with E-state index in [0.717, 1.165) is 24.4 Å². The predicted molar refractivity (Wildman–Crippen MR) is 81.5 cm³/mol. The van der Waals surface area contributed by atoms with E-state index in [0.29, 0.717) is 0 Å². The maximum Gasteiger partial charge on any atom is 0.148 e. The van der Waals surface area contributed by atoms with Crippen molar-refractivity contribution in [2.24, 2.45) is 5.73 Å². The van der Waals surface area contributed by atoms with Gasteiger partial charge < -0.3 is 5.73 Å². The van der Waals surface area contributed by atoms with Crippen LogP contribution in [-0.2, 0) is 5.54 Å². The molecule has 0 spiro atoms. The number of aryl methyl sites for hydroxylation is 2. The van der Waals surface area contributed by atoms with E-state index in [1.807, 2.05) is 12.3 Å². The van der Waals surface area contributed by atoms with E-state index in [2.05, 4.69) is 38.7 Å². The Labute approximate surface area is 120 Å². The molecule has 1 aliphatic carbocycles. The largest absolute Gasteiger partial charge is 0.319 e. The third kappa shape index (κ3) is 2.02. The molecule has 2 N–H and O–H groups in total. The molecule has 0 bridgehead atoms. The van der Waals surface area contributed by atoms with E-state index < -0.39 is 0 Å². The quantitative estimate of drug-likeness (QED) is 0.908. The topological polar surface area (TPSA) is 51.8 Å². The average Bonchev–Trinajstić information content (AvgIpc) is 3.17. The van der Waals surface area contributed by atoms with Crippen LogP contribution in [0.5, 0.6) is 0 Å². The molecule has 3 heteroatoms. The lowest BCUT2D eigenvalue weighted by atomic mass is 9.92. The van der Waals surface area contributed by atoms with Crippen molar-refractivity contribution >= 4 is 0 Å². The van der Waals surface area contributed by atoms with Crippen LogP contribution < -0.4 is 5.73 Å². The molecule has 20 heavy (non-hydrogen) atoms. The highest BCUT2D eigenvalue weighted by Gasteiger charge is 2.43. The summed E-state index contributed by atoms with van der Waals surface area (Å²) in [5, 5.41) is 0. The van der Waals surface area contributed by atoms with Gasteiger partial charge in [0.25, 0.3) is 0 Å². The smallest absolute Gasteiger partial charge is 0.148 e. The van der Waals surface area contributed by atoms with Crippen LogP contribution in [0.3, 0.4) is 0 Å². The Morgan fingerprint density at radius 1 is 1.05 bits per heavy atom. The van der Waals surface area contributed by atoms with Crippen molar-refractivity contribution in [3.05, 3.63) is 46.4 Å². The molecule has 3 nitrogen and oxygen atoms in total. The lowest BCUT2D eigenvalue weighted by Crippen LogP contribution is -2.22. The van der Waals surface area contributed by atoms with Gasteiger partial charge in [-0.1, -0.05) is 6.07 Å². The lowest BCUT2D eigenvalue weighted by Gasteiger charge is -2.16. The number of hydrogen-bond donors (Lipinski definition) is 1. The van der Waals surface area contributed by atoms with Gasteiger partial charge in [0, 0.05) is 11.8 Å². The van der Waals surface area contributed by atoms with Crippen molar-refractivity contribution in [1.29, 1.82) is 0 Å². The molecule has 0 amide bonds. The number of aromatic nitrogens is 2. The van der Waals surface area contributed by atoms with Crippen LogP contribution in [0.15, 0.2) is 18.3 Å². The summed E-state index contributed by atoms with van der Waals surface area (Å²) in [7, 11) is 0. The van der Waals surface area contributed by atoms with E-state index in [-0.39, 0.29) is 5.54 Å². The fourth-order valence-electron chi connectivity index (χ4n) is 2.70. The van der Waals surface area contributed by atoms with Crippen LogP contribution in [0, 0.1) is 27.7 Å². The Hall–Kier alpha value is -1.74. The van der Waals surface area contributed by atoms with Gasteiger partial charge >= 0.3 is 0 Å². The molecule has 1 fully saturated rings. The van der Waals surface area contributed by atoms with Gasteiger partial charge in [-0.15, -0.1) is 0 Å². The first-order chi connectivity index (χ1) is 9.42. The summed E-state index contributed by atoms with van der Waals surface area (Å²) in [6, 6.07) is 4.23. The highest BCUT2D eigenvalue weighted by molar-refractivity contribution is 5.70. The fraction of sp³-hybridized carbons (Fsp3) is 0.412. The summed E-state index contributed by atoms with van der Waals surface area (Å²) in [6.07, 6.45) is 3.81. The molecule has 1 heterocycles. The molecule has 1 aromatic carbocycles. The number of nitrogens with zero attached hydrogens (tertiary/aromatic N) is 2. The highest BCUT2D eigenvalue weighted by atomic mass is 15.0. The van der Waals surface area contributed by atoms with Gasteiger partial charge in [-0.3, -0.25) is 0 Å². The minimum Gasteiger partial charge on any atom is -0.319 e. The van der Waals surface area contributed by atoms with Gasteiger partial charge in [-0.2, -0.15) is 0 Å². The van der Waals surface area contributed by atoms with Gasteiger partial charge in [0.1, 0.15) is 5.82 Å². The van der Waals surface area contributed by atoms with Crippen molar-refractivity contribution < 1.29 is 0 Å². The zero-order valence-corrected chi connectivity index (χ0v) is 12.6. The fourth-order valence-corrected chi connectivity index (χ4v) is 2.70. The van der Waals surface area contributed by atoms with Crippen LogP contribution in [0.1, 0.15) is 40.9 Å². The van der Waals surface area contributed by atoms with E-state index >= 15 is 0 Å². The molecule has 0 radical (unpaired) electrons. The predicted octanol–water partition coefficient (Wildman–Crippen LogP) is 3.33. The second-order valence-electron chi connectivity index (χ2n) is 6.06. The van der Waals surface area contributed by atoms with E-state index in [4.69, 9.17) is 10.7 Å². The Balaban J connectivity index is 2.19. The van der Waals surface area contributed by atoms with Crippen LogP contribution in [-0.4, -0.2) is 9.97 Å². The zero-order valence-electron chi connectivity index (χ0n) is 12.6. The van der Waals surface area contributed by atoms with Crippen molar-refractivity contribution in [3.8, 4) is 11.3 Å². The first kappa shape index (κ1) is 13.3. The molecule has 2 aromatic rings. The number of rotatable bonds is 2. The third-order valence-electron chi connectivity index (χ3n) is 4.51. The van der Waals surface area contributed by atoms with Crippen LogP contribution in [0.4, 0.5) is 0 Å². The molecular weight excluding hydrogens is 246 g/mol. The van der Waals surface area contributed by atoms with Crippen molar-refractivity contribution in [1.82, 2.24) is 9.97 Å². The number of benzene rings is 1. The summed E-state index contributed by atoms with van der Waals surface area (Å²) in [5.41, 5.74) is 13.4. The Morgan fingerprint density at radius 3 is 2.20 bits per heavy atom. The minimum atomic E-state index is -0.281. The van der Waals surface area contributed by atoms with Crippen molar-refractivity contribution in [2.75, 3.05) is 0 Å². The second-order valence-corrected chi connectivity index (χ2v) is 6.06. The first-order valence-corrected chi connectivity index (χ1v) is 7.12. The molecule has 0 saturated heterocycles. The maximum atomic E-state index is 6.23. The molecule has 0 aliphatic heterocycles. The lowest BCUT2D eigenvalue weighted by molar-refractivity contribution is 0.673. The number of hydrogen-bond acceptors (Lipinski definition) is 3. The van der Waals surface area contributed by atoms with E-state index in [9.17, 15) is 0 Å². The van der Waals surface area contributed by atoms with Gasteiger partial charge in [-0.25, -0.2) is 9.97 Å². The standard InChI is InChI=1S/C17H21N3/c1-10-9-11(2)13(4)15(12(10)3)14-5-8-19-16(20-14)17(18)6-7-17/h5,8-9H,6-7,18H2,1-4H3. The zero-order chi connectivity index (χ0) is 14.5. The highest BCUT2D eigenvalue weighted by Crippen LogP contribution is 2.41. The molecular formula is C17H21N3. The molecule has 104 valence electrons. The summed E-state index contributed by atoms with van der Waals surface area (Å²) in [6.45, 7) is 8.62. The monoisotopic (exact) mass is 267 g/mol. The Morgan fingerprint density at radius 2 is 1.65 bits per heavy atom. The van der Waals surface area contributed by atoms with Gasteiger partial charge in [0.15, 0.2) is 0 Å². The molecule has 1 saturated carbocycles. The minimum absolute atomic E-state index is 0.281. The Bertz CT molecular complexity index is 659. The molecule has 0 atom stereocenters. The molecule has 0 unspecified atom stereocenters. The van der Waals surface area contributed by atoms with E-state index in [1.54, 1.807) is 0 Å². The van der Waals surface area contributed by atoms with Gasteiger partial charge in [0.05, 0.1) is 11.2 Å². The molecule has 3 rings (SSSR count).